The van der Waals surface area contributed by atoms with Crippen LogP contribution in [0.5, 0.6) is 0 Å². The molecule has 0 spiro atoms. The van der Waals surface area contributed by atoms with Crippen molar-refractivity contribution >= 4 is 11.6 Å². The fourth-order valence-corrected chi connectivity index (χ4v) is 1.55. The van der Waals surface area contributed by atoms with E-state index in [-0.39, 0.29) is 23.8 Å². The molecule has 18 heavy (non-hydrogen) atoms. The number of aromatic nitrogens is 3. The molecule has 0 aliphatic carbocycles. The molecule has 0 radical (unpaired) electrons. The minimum atomic E-state index is -1.05. The van der Waals surface area contributed by atoms with Gasteiger partial charge in [-0.1, -0.05) is 18.2 Å². The van der Waals surface area contributed by atoms with Crippen molar-refractivity contribution in [3.05, 3.63) is 51.1 Å². The number of nitrogen functional groups attached to an aromatic ring is 1. The second-order valence-corrected chi connectivity index (χ2v) is 3.63. The molecule has 8 nitrogen and oxygen atoms in total. The van der Waals surface area contributed by atoms with Crippen LogP contribution >= 0.6 is 0 Å². The van der Waals surface area contributed by atoms with E-state index in [2.05, 4.69) is 15.2 Å². The molecular formula is C10H11N5O3. The number of rotatable bonds is 3. The number of anilines is 1. The molecule has 1 heterocycles. The van der Waals surface area contributed by atoms with Crippen molar-refractivity contribution in [2.45, 2.75) is 6.42 Å². The molecule has 0 saturated carbocycles. The van der Waals surface area contributed by atoms with Crippen LogP contribution in [0.2, 0.25) is 0 Å². The number of H-pyrrole nitrogens is 1. The van der Waals surface area contributed by atoms with Gasteiger partial charge in [-0.3, -0.25) is 9.78 Å². The first-order chi connectivity index (χ1) is 8.58. The number of hydrogen-bond donors (Lipinski definition) is 4. The summed E-state index contributed by atoms with van der Waals surface area (Å²) < 4.78 is 0. The van der Waals surface area contributed by atoms with Gasteiger partial charge in [0.25, 0.3) is 5.56 Å². The van der Waals surface area contributed by atoms with E-state index in [0.29, 0.717) is 5.56 Å². The monoisotopic (exact) mass is 249 g/mol. The predicted octanol–water partition coefficient (Wildman–Crippen LogP) is -1.26. The number of hydrogen-bond acceptors (Lipinski definition) is 6. The van der Waals surface area contributed by atoms with Crippen LogP contribution in [-0.4, -0.2) is 20.4 Å². The molecule has 0 amide bonds. The van der Waals surface area contributed by atoms with Gasteiger partial charge in [0, 0.05) is 18.1 Å². The van der Waals surface area contributed by atoms with Crippen molar-refractivity contribution in [2.24, 2.45) is 0 Å². The average Bonchev–Trinajstić information content (AvgIpc) is 2.33. The predicted molar refractivity (Wildman–Crippen MR) is 62.1 cm³/mol. The fourth-order valence-electron chi connectivity index (χ4n) is 1.55. The van der Waals surface area contributed by atoms with Crippen LogP contribution < -0.4 is 16.5 Å². The van der Waals surface area contributed by atoms with E-state index in [1.54, 1.807) is 18.2 Å². The molecule has 0 bridgehead atoms. The van der Waals surface area contributed by atoms with Crippen LogP contribution in [0.1, 0.15) is 11.3 Å². The molecule has 0 aliphatic heterocycles. The summed E-state index contributed by atoms with van der Waals surface area (Å²) in [4.78, 5) is 13.8. The van der Waals surface area contributed by atoms with Crippen molar-refractivity contribution < 1.29 is 10.4 Å². The number of nitrogens with zero attached hydrogens (tertiary/aromatic N) is 2. The van der Waals surface area contributed by atoms with E-state index in [1.807, 2.05) is 0 Å². The van der Waals surface area contributed by atoms with Crippen LogP contribution in [-0.2, 0) is 6.42 Å². The van der Waals surface area contributed by atoms with Crippen LogP contribution in [0.3, 0.4) is 0 Å². The molecule has 1 aromatic heterocycles. The lowest BCUT2D eigenvalue weighted by Crippen LogP contribution is -2.99. The first-order valence-electron chi connectivity index (χ1n) is 5.10. The highest BCUT2D eigenvalue weighted by Crippen LogP contribution is 2.12. The zero-order valence-electron chi connectivity index (χ0n) is 9.25. The van der Waals surface area contributed by atoms with Crippen molar-refractivity contribution in [1.82, 2.24) is 15.2 Å². The molecule has 0 aliphatic rings. The SMILES string of the molecule is Nc1nnc(Cc2ccccc2[NH+]([O-])O)c(=O)[nH]1. The highest BCUT2D eigenvalue weighted by atomic mass is 16.8. The third-order valence-corrected chi connectivity index (χ3v) is 2.39. The van der Waals surface area contributed by atoms with Gasteiger partial charge < -0.3 is 10.9 Å². The lowest BCUT2D eigenvalue weighted by molar-refractivity contribution is -0.991. The minimum absolute atomic E-state index is 0.0738. The molecule has 1 aromatic carbocycles. The van der Waals surface area contributed by atoms with Crippen LogP contribution in [0.15, 0.2) is 29.1 Å². The summed E-state index contributed by atoms with van der Waals surface area (Å²) in [5.74, 6) is -0.0738. The normalized spacial score (nSPS) is 12.3. The van der Waals surface area contributed by atoms with Gasteiger partial charge in [-0.15, -0.1) is 10.2 Å². The Morgan fingerprint density at radius 3 is 2.78 bits per heavy atom. The summed E-state index contributed by atoms with van der Waals surface area (Å²) in [6.45, 7) is 0. The van der Waals surface area contributed by atoms with Gasteiger partial charge in [-0.2, -0.15) is 5.23 Å². The maximum atomic E-state index is 11.5. The molecule has 5 N–H and O–H groups in total. The largest absolute Gasteiger partial charge is 0.595 e. The zero-order chi connectivity index (χ0) is 13.1. The Balaban J connectivity index is 2.37. The number of para-hydroxylation sites is 1. The molecule has 1 unspecified atom stereocenters. The van der Waals surface area contributed by atoms with E-state index in [0.717, 1.165) is 0 Å². The van der Waals surface area contributed by atoms with Crippen molar-refractivity contribution in [3.8, 4) is 0 Å². The number of aromatic amines is 1. The minimum Gasteiger partial charge on any atom is -0.595 e. The first kappa shape index (κ1) is 12.2. The standard InChI is InChI=1S/C10H11N5O3/c11-10-12-9(16)7(13-14-10)5-6-3-1-2-4-8(6)15(17)18/h1-4,15,17H,5H2,(H3,11,12,14,16). The number of quaternary nitrogens is 1. The molecular weight excluding hydrogens is 238 g/mol. The van der Waals surface area contributed by atoms with Crippen LogP contribution in [0.25, 0.3) is 0 Å². The number of nitrogens with one attached hydrogen (secondary N) is 2. The van der Waals surface area contributed by atoms with E-state index in [1.165, 1.54) is 6.07 Å². The Morgan fingerprint density at radius 1 is 1.39 bits per heavy atom. The highest BCUT2D eigenvalue weighted by molar-refractivity contribution is 5.41. The third kappa shape index (κ3) is 2.51. The van der Waals surface area contributed by atoms with Crippen molar-refractivity contribution in [1.29, 1.82) is 0 Å². The third-order valence-electron chi connectivity index (χ3n) is 2.39. The summed E-state index contributed by atoms with van der Waals surface area (Å²) in [5.41, 5.74) is 5.56. The maximum Gasteiger partial charge on any atom is 0.274 e. The summed E-state index contributed by atoms with van der Waals surface area (Å²) >= 11 is 0. The molecule has 0 fully saturated rings. The van der Waals surface area contributed by atoms with Gasteiger partial charge in [-0.25, -0.2) is 5.21 Å². The molecule has 0 saturated heterocycles. The first-order valence-corrected chi connectivity index (χ1v) is 5.10. The Morgan fingerprint density at radius 2 is 2.11 bits per heavy atom. The Hall–Kier alpha value is -2.29. The molecule has 2 aromatic rings. The van der Waals surface area contributed by atoms with Gasteiger partial charge >= 0.3 is 0 Å². The Labute approximate surface area is 101 Å². The lowest BCUT2D eigenvalue weighted by Gasteiger charge is -2.14. The zero-order valence-corrected chi connectivity index (χ0v) is 9.25. The smallest absolute Gasteiger partial charge is 0.274 e. The molecule has 2 rings (SSSR count). The molecule has 8 heteroatoms. The van der Waals surface area contributed by atoms with Crippen molar-refractivity contribution in [2.75, 3.05) is 5.73 Å². The summed E-state index contributed by atoms with van der Waals surface area (Å²) in [6, 6.07) is 6.41. The number of nitrogens with two attached hydrogens (primary N) is 1. The fraction of sp³-hybridized carbons (Fsp3) is 0.100. The number of benzene rings is 1. The van der Waals surface area contributed by atoms with E-state index < -0.39 is 10.8 Å². The van der Waals surface area contributed by atoms with E-state index in [9.17, 15) is 10.0 Å². The van der Waals surface area contributed by atoms with Gasteiger partial charge in [0.1, 0.15) is 5.69 Å². The van der Waals surface area contributed by atoms with Crippen molar-refractivity contribution in [3.63, 3.8) is 0 Å². The van der Waals surface area contributed by atoms with Gasteiger partial charge in [0.2, 0.25) is 5.95 Å². The van der Waals surface area contributed by atoms with Crippen LogP contribution in [0, 0.1) is 5.21 Å². The van der Waals surface area contributed by atoms with Gasteiger partial charge in [0.15, 0.2) is 5.69 Å². The van der Waals surface area contributed by atoms with E-state index >= 15 is 0 Å². The maximum absolute atomic E-state index is 11.5. The topological polar surface area (TPSA) is 132 Å². The van der Waals surface area contributed by atoms with E-state index in [4.69, 9.17) is 10.9 Å². The Bertz CT molecular complexity index is 610. The second kappa shape index (κ2) is 4.92. The summed E-state index contributed by atoms with van der Waals surface area (Å²) in [5, 5.41) is 26.2. The highest BCUT2D eigenvalue weighted by Gasteiger charge is 2.12. The van der Waals surface area contributed by atoms with Crippen LogP contribution in [0.4, 0.5) is 11.6 Å². The van der Waals surface area contributed by atoms with Gasteiger partial charge in [0.05, 0.1) is 0 Å². The lowest BCUT2D eigenvalue weighted by atomic mass is 10.1. The van der Waals surface area contributed by atoms with Gasteiger partial charge in [-0.05, 0) is 0 Å². The molecule has 94 valence electrons. The Kier molecular flexibility index (Phi) is 3.33. The summed E-state index contributed by atoms with van der Waals surface area (Å²) in [6.07, 6.45) is 0.0884. The summed E-state index contributed by atoms with van der Waals surface area (Å²) in [7, 11) is 0. The average molecular weight is 249 g/mol. The molecule has 1 atom stereocenters. The second-order valence-electron chi connectivity index (χ2n) is 3.63. The quantitative estimate of drug-likeness (QED) is 0.502.